The number of carbonyl (C=O) groups excluding carboxylic acids is 1. The van der Waals surface area contributed by atoms with E-state index in [-0.39, 0.29) is 25.6 Å². The lowest BCUT2D eigenvalue weighted by Gasteiger charge is -2.11. The van der Waals surface area contributed by atoms with E-state index in [0.29, 0.717) is 28.4 Å². The van der Waals surface area contributed by atoms with Crippen molar-refractivity contribution in [3.63, 3.8) is 0 Å². The van der Waals surface area contributed by atoms with Gasteiger partial charge in [-0.2, -0.15) is 0 Å². The van der Waals surface area contributed by atoms with Gasteiger partial charge in [-0.15, -0.1) is 11.8 Å². The average Bonchev–Trinajstić information content (AvgIpc) is 2.91. The molecule has 0 saturated heterocycles. The van der Waals surface area contributed by atoms with Crippen LogP contribution >= 0.6 is 11.8 Å². The monoisotopic (exact) mass is 339 g/mol. The van der Waals surface area contributed by atoms with Crippen molar-refractivity contribution in [1.82, 2.24) is 0 Å². The van der Waals surface area contributed by atoms with Gasteiger partial charge >= 0.3 is 5.97 Å². The zero-order valence-electron chi connectivity index (χ0n) is 12.5. The van der Waals surface area contributed by atoms with E-state index in [0.717, 1.165) is 0 Å². The Morgan fingerprint density at radius 1 is 1.48 bits per heavy atom. The molecule has 0 unspecified atom stereocenters. The lowest BCUT2D eigenvalue weighted by Crippen LogP contribution is -2.33. The van der Waals surface area contributed by atoms with Gasteiger partial charge in [-0.25, -0.2) is 4.79 Å². The number of aldehydes is 1. The number of aliphatic carboxylic acids is 1. The maximum absolute atomic E-state index is 11.2. The van der Waals surface area contributed by atoms with Gasteiger partial charge in [0.15, 0.2) is 5.54 Å². The second-order valence-electron chi connectivity index (χ2n) is 5.05. The minimum Gasteiger partial charge on any atom is -0.507 e. The molecule has 0 aromatic heterocycles. The van der Waals surface area contributed by atoms with Crippen LogP contribution < -0.4 is 4.74 Å². The van der Waals surface area contributed by atoms with Gasteiger partial charge in [0.2, 0.25) is 0 Å². The van der Waals surface area contributed by atoms with Gasteiger partial charge < -0.3 is 24.5 Å². The van der Waals surface area contributed by atoms with Crippen LogP contribution in [0.2, 0.25) is 0 Å². The average molecular weight is 339 g/mol. The molecule has 8 heteroatoms. The zero-order valence-corrected chi connectivity index (χ0v) is 13.3. The molecular formula is C15H17NO6S. The maximum atomic E-state index is 11.2. The molecule has 0 fully saturated rings. The summed E-state index contributed by atoms with van der Waals surface area (Å²) in [6, 6.07) is 4.74. The van der Waals surface area contributed by atoms with Crippen molar-refractivity contribution in [2.45, 2.75) is 12.5 Å². The molecule has 2 rings (SSSR count). The summed E-state index contributed by atoms with van der Waals surface area (Å²) in [7, 11) is 0. The van der Waals surface area contributed by atoms with Crippen LogP contribution in [0.5, 0.6) is 11.5 Å². The molecule has 0 spiro atoms. The van der Waals surface area contributed by atoms with Crippen LogP contribution in [0, 0.1) is 0 Å². The number of ether oxygens (including phenoxy) is 2. The standard InChI is InChI=1S/C15H17NO6S/c1-15(14(19)20)9-23-13(16-15)11-3-2-10(8-12(11)18)22-7-6-21-5-4-17/h2-4,8,18H,5-7,9H2,1H3,(H,19,20)/t15-/m1/s1. The molecule has 0 amide bonds. The summed E-state index contributed by atoms with van der Waals surface area (Å²) < 4.78 is 10.3. The molecule has 1 atom stereocenters. The number of phenolic OH excluding ortho intramolecular Hbond substituents is 1. The van der Waals surface area contributed by atoms with Gasteiger partial charge in [-0.05, 0) is 19.1 Å². The number of aliphatic imine (C=N–C) groups is 1. The number of hydrogen-bond acceptors (Lipinski definition) is 7. The van der Waals surface area contributed by atoms with Crippen molar-refractivity contribution >= 4 is 29.1 Å². The van der Waals surface area contributed by atoms with E-state index in [1.165, 1.54) is 17.8 Å². The van der Waals surface area contributed by atoms with Crippen molar-refractivity contribution in [3.05, 3.63) is 23.8 Å². The normalized spacial score (nSPS) is 20.1. The Labute approximate surface area is 137 Å². The fourth-order valence-corrected chi connectivity index (χ4v) is 3.08. The fraction of sp³-hybridized carbons (Fsp3) is 0.400. The quantitative estimate of drug-likeness (QED) is 0.543. The molecule has 0 radical (unpaired) electrons. The third kappa shape index (κ3) is 4.23. The predicted molar refractivity (Wildman–Crippen MR) is 85.5 cm³/mol. The first-order valence-electron chi connectivity index (χ1n) is 6.90. The molecule has 1 aliphatic heterocycles. The van der Waals surface area contributed by atoms with Gasteiger partial charge in [0.1, 0.15) is 36.0 Å². The number of rotatable bonds is 8. The summed E-state index contributed by atoms with van der Waals surface area (Å²) in [6.45, 7) is 2.08. The van der Waals surface area contributed by atoms with Crippen molar-refractivity contribution < 1.29 is 29.3 Å². The summed E-state index contributed by atoms with van der Waals surface area (Å²) in [4.78, 5) is 25.5. The molecule has 2 N–H and O–H groups in total. The van der Waals surface area contributed by atoms with E-state index in [9.17, 15) is 19.8 Å². The Morgan fingerprint density at radius 3 is 2.87 bits per heavy atom. The number of aromatic hydroxyl groups is 1. The summed E-state index contributed by atoms with van der Waals surface area (Å²) in [5, 5.41) is 19.8. The molecule has 23 heavy (non-hydrogen) atoms. The highest BCUT2D eigenvalue weighted by Gasteiger charge is 2.38. The number of carboxylic acids is 1. The van der Waals surface area contributed by atoms with E-state index in [1.807, 2.05) is 0 Å². The molecule has 1 heterocycles. The molecule has 124 valence electrons. The van der Waals surface area contributed by atoms with Gasteiger partial charge in [0, 0.05) is 17.4 Å². The van der Waals surface area contributed by atoms with Gasteiger partial charge in [-0.1, -0.05) is 0 Å². The Balaban J connectivity index is 2.03. The van der Waals surface area contributed by atoms with Crippen molar-refractivity contribution in [3.8, 4) is 11.5 Å². The Kier molecular flexibility index (Phi) is 5.62. The Morgan fingerprint density at radius 2 is 2.26 bits per heavy atom. The highest BCUT2D eigenvalue weighted by atomic mass is 32.2. The zero-order chi connectivity index (χ0) is 16.9. The molecule has 0 saturated carbocycles. The lowest BCUT2D eigenvalue weighted by atomic mass is 10.1. The number of benzene rings is 1. The van der Waals surface area contributed by atoms with E-state index in [2.05, 4.69) is 4.99 Å². The van der Waals surface area contributed by atoms with Crippen LogP contribution in [0.25, 0.3) is 0 Å². The molecular weight excluding hydrogens is 322 g/mol. The second kappa shape index (κ2) is 7.47. The minimum atomic E-state index is -1.17. The van der Waals surface area contributed by atoms with E-state index < -0.39 is 11.5 Å². The van der Waals surface area contributed by atoms with Crippen LogP contribution in [-0.4, -0.2) is 58.6 Å². The second-order valence-corrected chi connectivity index (χ2v) is 6.02. The van der Waals surface area contributed by atoms with E-state index >= 15 is 0 Å². The topological polar surface area (TPSA) is 105 Å². The maximum Gasteiger partial charge on any atom is 0.332 e. The van der Waals surface area contributed by atoms with Crippen LogP contribution in [0.4, 0.5) is 0 Å². The van der Waals surface area contributed by atoms with Crippen molar-refractivity contribution in [2.24, 2.45) is 4.99 Å². The number of carboxylic acid groups (broad SMARTS) is 1. The molecule has 1 aliphatic rings. The third-order valence-corrected chi connectivity index (χ3v) is 4.47. The van der Waals surface area contributed by atoms with Crippen LogP contribution in [0.1, 0.15) is 12.5 Å². The van der Waals surface area contributed by atoms with E-state index in [1.54, 1.807) is 19.1 Å². The predicted octanol–water partition coefficient (Wildman–Crippen LogP) is 1.32. The third-order valence-electron chi connectivity index (χ3n) is 3.18. The number of phenols is 1. The smallest absolute Gasteiger partial charge is 0.332 e. The Bertz CT molecular complexity index is 632. The van der Waals surface area contributed by atoms with Crippen molar-refractivity contribution in [1.29, 1.82) is 0 Å². The van der Waals surface area contributed by atoms with Gasteiger partial charge in [-0.3, -0.25) is 4.99 Å². The van der Waals surface area contributed by atoms with Crippen LogP contribution in [0.15, 0.2) is 23.2 Å². The van der Waals surface area contributed by atoms with Gasteiger partial charge in [0.05, 0.1) is 6.61 Å². The first-order chi connectivity index (χ1) is 11.0. The summed E-state index contributed by atoms with van der Waals surface area (Å²) in [6.07, 6.45) is 0.658. The number of hydrogen-bond donors (Lipinski definition) is 2. The first-order valence-corrected chi connectivity index (χ1v) is 7.88. The number of thioether (sulfide) groups is 1. The summed E-state index contributed by atoms with van der Waals surface area (Å²) in [5.74, 6) is -0.249. The highest BCUT2D eigenvalue weighted by molar-refractivity contribution is 8.14. The van der Waals surface area contributed by atoms with E-state index in [4.69, 9.17) is 9.47 Å². The minimum absolute atomic E-state index is 0.0208. The van der Waals surface area contributed by atoms with Crippen molar-refractivity contribution in [2.75, 3.05) is 25.6 Å². The lowest BCUT2D eigenvalue weighted by molar-refractivity contribution is -0.141. The SMILES string of the molecule is C[C@]1(C(=O)O)CSC(c2ccc(OCCOCC=O)cc2O)=N1. The first kappa shape index (κ1) is 17.3. The molecule has 0 aliphatic carbocycles. The summed E-state index contributed by atoms with van der Waals surface area (Å²) in [5.41, 5.74) is -0.693. The molecule has 7 nitrogen and oxygen atoms in total. The van der Waals surface area contributed by atoms with Gasteiger partial charge in [0.25, 0.3) is 0 Å². The molecule has 1 aromatic carbocycles. The largest absolute Gasteiger partial charge is 0.507 e. The molecule has 1 aromatic rings. The highest BCUT2D eigenvalue weighted by Crippen LogP contribution is 2.35. The molecule has 0 bridgehead atoms. The summed E-state index contributed by atoms with van der Waals surface area (Å²) >= 11 is 1.29. The number of nitrogens with zero attached hydrogens (tertiary/aromatic N) is 1. The van der Waals surface area contributed by atoms with Crippen LogP contribution in [0.3, 0.4) is 0 Å². The van der Waals surface area contributed by atoms with Crippen LogP contribution in [-0.2, 0) is 14.3 Å². The number of carbonyl (C=O) groups is 2. The Hall–Kier alpha value is -2.06. The fourth-order valence-electron chi connectivity index (χ4n) is 1.88.